The number of halogens is 2. The summed E-state index contributed by atoms with van der Waals surface area (Å²) in [5.41, 5.74) is 6.68. The average molecular weight is 330 g/mol. The molecule has 1 aliphatic heterocycles. The molecule has 0 bridgehead atoms. The second-order valence-electron chi connectivity index (χ2n) is 5.70. The third-order valence-electron chi connectivity index (χ3n) is 4.10. The maximum Gasteiger partial charge on any atom is 0.255 e. The van der Waals surface area contributed by atoms with Gasteiger partial charge in [0.1, 0.15) is 17.5 Å². The minimum Gasteiger partial charge on any atom is -0.382 e. The second-order valence-corrected chi connectivity index (χ2v) is 5.70. The van der Waals surface area contributed by atoms with Gasteiger partial charge in [-0.25, -0.2) is 8.78 Å². The number of nitrogens with two attached hydrogens (primary N) is 1. The molecule has 1 saturated heterocycles. The van der Waals surface area contributed by atoms with E-state index in [4.69, 9.17) is 5.73 Å². The summed E-state index contributed by atoms with van der Waals surface area (Å²) in [5.74, 6) is -1.48. The molecule has 0 aliphatic carbocycles. The van der Waals surface area contributed by atoms with Crippen LogP contribution in [0.2, 0.25) is 0 Å². The van der Waals surface area contributed by atoms with Gasteiger partial charge in [0.05, 0.1) is 28.4 Å². The zero-order valence-corrected chi connectivity index (χ0v) is 12.3. The minimum atomic E-state index is -0.675. The number of carbonyl (C=O) groups is 1. The lowest BCUT2D eigenvalue weighted by Gasteiger charge is -2.38. The molecule has 0 saturated carbocycles. The number of aromatic nitrogens is 4. The van der Waals surface area contributed by atoms with Gasteiger partial charge in [-0.05, 0) is 6.07 Å². The number of nitrogens with zero attached hydrogens (tertiary/aromatic N) is 4. The summed E-state index contributed by atoms with van der Waals surface area (Å²) in [6.45, 7) is 0.796. The van der Waals surface area contributed by atoms with Crippen LogP contribution in [0.4, 0.5) is 14.6 Å². The van der Waals surface area contributed by atoms with E-state index < -0.39 is 11.6 Å². The van der Waals surface area contributed by atoms with Crippen LogP contribution >= 0.6 is 0 Å². The van der Waals surface area contributed by atoms with Crippen molar-refractivity contribution in [1.29, 1.82) is 0 Å². The van der Waals surface area contributed by atoms with Crippen molar-refractivity contribution >= 4 is 22.6 Å². The Balaban J connectivity index is 1.55. The lowest BCUT2D eigenvalue weighted by atomic mass is 9.93. The number of carbonyl (C=O) groups excluding carboxylic acids is 1. The minimum absolute atomic E-state index is 0.0916. The molecule has 3 aromatic rings. The number of H-pyrrole nitrogens is 1. The molecule has 4 rings (SSSR count). The lowest BCUT2D eigenvalue weighted by molar-refractivity contribution is 0.0599. The Morgan fingerprint density at radius 1 is 1.29 bits per heavy atom. The first-order chi connectivity index (χ1) is 11.5. The molecule has 9 heteroatoms. The number of hydrogen-bond acceptors (Lipinski definition) is 5. The molecule has 3 heterocycles. The van der Waals surface area contributed by atoms with Crippen LogP contribution in [0, 0.1) is 11.6 Å². The zero-order valence-electron chi connectivity index (χ0n) is 12.3. The van der Waals surface area contributed by atoms with Crippen LogP contribution < -0.4 is 5.73 Å². The average Bonchev–Trinajstić information content (AvgIpc) is 2.89. The summed E-state index contributed by atoms with van der Waals surface area (Å²) in [6, 6.07) is 3.45. The SMILES string of the molecule is Nc1cc(C(=O)N2CC(c3[nH]nc4cc(F)cc(F)c34)C2)cnn1. The fourth-order valence-corrected chi connectivity index (χ4v) is 2.90. The predicted octanol–water partition coefficient (Wildman–Crippen LogP) is 1.45. The smallest absolute Gasteiger partial charge is 0.255 e. The van der Waals surface area contributed by atoms with E-state index in [-0.39, 0.29) is 28.5 Å². The Morgan fingerprint density at radius 2 is 2.08 bits per heavy atom. The molecule has 0 radical (unpaired) electrons. The highest BCUT2D eigenvalue weighted by atomic mass is 19.1. The van der Waals surface area contributed by atoms with Crippen molar-refractivity contribution in [2.24, 2.45) is 0 Å². The summed E-state index contributed by atoms with van der Waals surface area (Å²) < 4.78 is 27.2. The van der Waals surface area contributed by atoms with Crippen molar-refractivity contribution in [2.75, 3.05) is 18.8 Å². The van der Waals surface area contributed by atoms with Crippen molar-refractivity contribution in [3.8, 4) is 0 Å². The zero-order chi connectivity index (χ0) is 16.8. The van der Waals surface area contributed by atoms with E-state index in [2.05, 4.69) is 20.4 Å². The van der Waals surface area contributed by atoms with Gasteiger partial charge in [-0.2, -0.15) is 10.2 Å². The quantitative estimate of drug-likeness (QED) is 0.741. The van der Waals surface area contributed by atoms with Crippen LogP contribution in [-0.2, 0) is 0 Å². The molecule has 3 N–H and O–H groups in total. The third kappa shape index (κ3) is 2.25. The molecule has 7 nitrogen and oxygen atoms in total. The maximum atomic E-state index is 14.0. The number of likely N-dealkylation sites (tertiary alicyclic amines) is 1. The molecule has 0 unspecified atom stereocenters. The summed E-state index contributed by atoms with van der Waals surface area (Å²) in [6.07, 6.45) is 1.35. The Morgan fingerprint density at radius 3 is 2.83 bits per heavy atom. The number of rotatable bonds is 2. The Bertz CT molecular complexity index is 950. The van der Waals surface area contributed by atoms with Gasteiger partial charge >= 0.3 is 0 Å². The van der Waals surface area contributed by atoms with Gasteiger partial charge in [-0.3, -0.25) is 9.89 Å². The van der Waals surface area contributed by atoms with Crippen molar-refractivity contribution in [2.45, 2.75) is 5.92 Å². The highest BCUT2D eigenvalue weighted by Crippen LogP contribution is 2.33. The van der Waals surface area contributed by atoms with E-state index >= 15 is 0 Å². The van der Waals surface area contributed by atoms with Crippen LogP contribution in [0.15, 0.2) is 24.4 Å². The fraction of sp³-hybridized carbons (Fsp3) is 0.200. The van der Waals surface area contributed by atoms with Crippen LogP contribution in [0.5, 0.6) is 0 Å². The highest BCUT2D eigenvalue weighted by Gasteiger charge is 2.35. The molecule has 1 amide bonds. The number of nitrogens with one attached hydrogen (secondary N) is 1. The fourth-order valence-electron chi connectivity index (χ4n) is 2.90. The number of benzene rings is 1. The van der Waals surface area contributed by atoms with Gasteiger partial charge < -0.3 is 10.6 Å². The normalized spacial score (nSPS) is 14.8. The van der Waals surface area contributed by atoms with E-state index in [0.29, 0.717) is 24.3 Å². The van der Waals surface area contributed by atoms with Crippen molar-refractivity contribution < 1.29 is 13.6 Å². The summed E-state index contributed by atoms with van der Waals surface area (Å²) in [5, 5.41) is 14.2. The first kappa shape index (κ1) is 14.5. The van der Waals surface area contributed by atoms with Crippen molar-refractivity contribution in [3.63, 3.8) is 0 Å². The Labute approximate surface area is 134 Å². The van der Waals surface area contributed by atoms with E-state index in [1.165, 1.54) is 18.3 Å². The molecule has 1 aliphatic rings. The number of fused-ring (bicyclic) bond motifs is 1. The summed E-state index contributed by atoms with van der Waals surface area (Å²) in [4.78, 5) is 13.9. The maximum absolute atomic E-state index is 14.0. The van der Waals surface area contributed by atoms with Gasteiger partial charge in [0.25, 0.3) is 5.91 Å². The van der Waals surface area contributed by atoms with Gasteiger partial charge in [-0.15, -0.1) is 5.10 Å². The molecule has 1 fully saturated rings. The number of aromatic amines is 1. The van der Waals surface area contributed by atoms with Crippen LogP contribution in [-0.4, -0.2) is 44.3 Å². The Hall–Kier alpha value is -3.10. The molecule has 0 spiro atoms. The second kappa shape index (κ2) is 5.22. The summed E-state index contributed by atoms with van der Waals surface area (Å²) >= 11 is 0. The third-order valence-corrected chi connectivity index (χ3v) is 4.10. The molecular weight excluding hydrogens is 318 g/mol. The van der Waals surface area contributed by atoms with E-state index in [1.54, 1.807) is 4.90 Å². The van der Waals surface area contributed by atoms with Gasteiger partial charge in [0, 0.05) is 31.1 Å². The molecule has 122 valence electrons. The lowest BCUT2D eigenvalue weighted by Crippen LogP contribution is -2.48. The number of hydrogen-bond donors (Lipinski definition) is 2. The summed E-state index contributed by atoms with van der Waals surface area (Å²) in [7, 11) is 0. The van der Waals surface area contributed by atoms with E-state index in [0.717, 1.165) is 6.07 Å². The van der Waals surface area contributed by atoms with Crippen LogP contribution in [0.3, 0.4) is 0 Å². The molecular formula is C15H12F2N6O. The first-order valence-corrected chi connectivity index (χ1v) is 7.23. The number of anilines is 1. The van der Waals surface area contributed by atoms with Crippen LogP contribution in [0.1, 0.15) is 22.0 Å². The van der Waals surface area contributed by atoms with Crippen LogP contribution in [0.25, 0.3) is 10.9 Å². The number of amides is 1. The van der Waals surface area contributed by atoms with E-state index in [1.807, 2.05) is 0 Å². The van der Waals surface area contributed by atoms with Gasteiger partial charge in [0.15, 0.2) is 0 Å². The predicted molar refractivity (Wildman–Crippen MR) is 81.1 cm³/mol. The first-order valence-electron chi connectivity index (χ1n) is 7.23. The molecule has 24 heavy (non-hydrogen) atoms. The van der Waals surface area contributed by atoms with Gasteiger partial charge in [-0.1, -0.05) is 0 Å². The Kier molecular flexibility index (Phi) is 3.15. The topological polar surface area (TPSA) is 101 Å². The molecule has 0 atom stereocenters. The number of nitrogen functional groups attached to an aromatic ring is 1. The monoisotopic (exact) mass is 330 g/mol. The van der Waals surface area contributed by atoms with Crippen molar-refractivity contribution in [3.05, 3.63) is 47.3 Å². The van der Waals surface area contributed by atoms with Gasteiger partial charge in [0.2, 0.25) is 0 Å². The molecule has 1 aromatic carbocycles. The van der Waals surface area contributed by atoms with Crippen molar-refractivity contribution in [1.82, 2.24) is 25.3 Å². The van der Waals surface area contributed by atoms with E-state index in [9.17, 15) is 13.6 Å². The highest BCUT2D eigenvalue weighted by molar-refractivity contribution is 5.95. The standard InChI is InChI=1S/C15H12F2N6O/c16-9-2-10(17)13-11(3-9)20-22-14(13)8-5-23(6-8)15(24)7-1-12(18)21-19-4-7/h1-4,8H,5-6H2,(H2,18,21)(H,20,22). The largest absolute Gasteiger partial charge is 0.382 e. The molecule has 2 aromatic heterocycles.